The Morgan fingerprint density at radius 2 is 2.16 bits per heavy atom. The van der Waals surface area contributed by atoms with Crippen molar-refractivity contribution in [3.63, 3.8) is 0 Å². The van der Waals surface area contributed by atoms with Gasteiger partial charge in [-0.25, -0.2) is 0 Å². The lowest BCUT2D eigenvalue weighted by Gasteiger charge is -2.24. The lowest BCUT2D eigenvalue weighted by Crippen LogP contribution is -2.41. The van der Waals surface area contributed by atoms with Crippen LogP contribution in [0.25, 0.3) is 0 Å². The molecule has 1 aliphatic heterocycles. The Hall–Kier alpha value is -2.04. The van der Waals surface area contributed by atoms with Crippen LogP contribution in [-0.2, 0) is 20.7 Å². The van der Waals surface area contributed by atoms with Crippen molar-refractivity contribution in [2.75, 3.05) is 7.11 Å². The maximum atomic E-state index is 11.7. The molecule has 2 unspecified atom stereocenters. The topological polar surface area (TPSA) is 72.8 Å². The number of aliphatic carboxylic acids is 1. The summed E-state index contributed by atoms with van der Waals surface area (Å²) >= 11 is 0. The van der Waals surface area contributed by atoms with Crippen LogP contribution in [0.2, 0.25) is 0 Å². The molecule has 5 nitrogen and oxygen atoms in total. The number of para-hydroxylation sites is 1. The Bertz CT molecular complexity index is 485. The van der Waals surface area contributed by atoms with Crippen LogP contribution in [0.4, 0.5) is 0 Å². The minimum Gasteiger partial charge on any atom is -0.490 e. The second-order valence-electron chi connectivity index (χ2n) is 4.88. The second-order valence-corrected chi connectivity index (χ2v) is 4.88. The molecule has 0 bridgehead atoms. The van der Waals surface area contributed by atoms with E-state index in [-0.39, 0.29) is 12.5 Å². The molecule has 19 heavy (non-hydrogen) atoms. The Balaban J connectivity index is 2.14. The molecule has 0 aliphatic carbocycles. The Morgan fingerprint density at radius 3 is 2.74 bits per heavy atom. The smallest absolute Gasteiger partial charge is 0.323 e. The molecule has 0 saturated carbocycles. The summed E-state index contributed by atoms with van der Waals surface area (Å²) in [4.78, 5) is 23.0. The van der Waals surface area contributed by atoms with Gasteiger partial charge in [0.1, 0.15) is 11.9 Å². The molecule has 0 saturated heterocycles. The number of methoxy groups -OCH3 is 1. The first-order valence-electron chi connectivity index (χ1n) is 6.04. The summed E-state index contributed by atoms with van der Waals surface area (Å²) in [5, 5.41) is 9.25. The summed E-state index contributed by atoms with van der Waals surface area (Å²) in [7, 11) is 1.19. The third-order valence-electron chi connectivity index (χ3n) is 3.46. The van der Waals surface area contributed by atoms with Gasteiger partial charge in [0.05, 0.1) is 7.11 Å². The van der Waals surface area contributed by atoms with Crippen LogP contribution in [0.5, 0.6) is 5.75 Å². The number of benzene rings is 1. The third-order valence-corrected chi connectivity index (χ3v) is 3.46. The van der Waals surface area contributed by atoms with E-state index in [2.05, 4.69) is 4.74 Å². The Morgan fingerprint density at radius 1 is 1.47 bits per heavy atom. The zero-order valence-corrected chi connectivity index (χ0v) is 10.9. The number of carbonyl (C=O) groups excluding carboxylic acids is 1. The lowest BCUT2D eigenvalue weighted by atomic mass is 9.83. The van der Waals surface area contributed by atoms with E-state index in [0.717, 1.165) is 11.3 Å². The zero-order valence-electron chi connectivity index (χ0n) is 10.9. The number of carbonyl (C=O) groups is 2. The minimum absolute atomic E-state index is 0.0870. The maximum Gasteiger partial charge on any atom is 0.323 e. The van der Waals surface area contributed by atoms with Crippen molar-refractivity contribution in [2.45, 2.75) is 25.9 Å². The number of esters is 1. The number of carboxylic acids is 1. The molecule has 0 aromatic heterocycles. The molecule has 1 N–H and O–H groups in total. The molecular formula is C14H16O5. The minimum atomic E-state index is -1.58. The average molecular weight is 264 g/mol. The van der Waals surface area contributed by atoms with Crippen molar-refractivity contribution in [3.8, 4) is 5.75 Å². The molecule has 2 rings (SSSR count). The number of rotatable bonds is 4. The number of hydrogen-bond acceptors (Lipinski definition) is 4. The maximum absolute atomic E-state index is 11.7. The monoisotopic (exact) mass is 264 g/mol. The van der Waals surface area contributed by atoms with Crippen LogP contribution in [0.3, 0.4) is 0 Å². The standard InChI is InChI=1S/C14H16O5/c1-14(12(15)16,13(17)18-2)8-10-7-9-5-3-4-6-11(9)19-10/h3-6,10H,7-8H2,1-2H3,(H,15,16). The summed E-state index contributed by atoms with van der Waals surface area (Å²) in [5.74, 6) is -1.19. The van der Waals surface area contributed by atoms with E-state index in [1.54, 1.807) is 0 Å². The van der Waals surface area contributed by atoms with Crippen molar-refractivity contribution < 1.29 is 24.2 Å². The first-order valence-corrected chi connectivity index (χ1v) is 6.04. The normalized spacial score (nSPS) is 20.0. The van der Waals surface area contributed by atoms with Gasteiger partial charge in [-0.1, -0.05) is 18.2 Å². The van der Waals surface area contributed by atoms with Crippen molar-refractivity contribution in [1.29, 1.82) is 0 Å². The van der Waals surface area contributed by atoms with Gasteiger partial charge in [-0.2, -0.15) is 0 Å². The van der Waals surface area contributed by atoms with Gasteiger partial charge in [0.25, 0.3) is 0 Å². The Labute approximate surface area is 111 Å². The first kappa shape index (κ1) is 13.4. The summed E-state index contributed by atoms with van der Waals surface area (Å²) in [6, 6.07) is 7.54. The van der Waals surface area contributed by atoms with E-state index in [9.17, 15) is 14.7 Å². The van der Waals surface area contributed by atoms with Crippen molar-refractivity contribution in [2.24, 2.45) is 5.41 Å². The average Bonchev–Trinajstić information content (AvgIpc) is 2.79. The van der Waals surface area contributed by atoms with E-state index in [0.29, 0.717) is 6.42 Å². The molecule has 5 heteroatoms. The van der Waals surface area contributed by atoms with Gasteiger partial charge in [-0.05, 0) is 18.6 Å². The van der Waals surface area contributed by atoms with Crippen molar-refractivity contribution >= 4 is 11.9 Å². The molecule has 0 amide bonds. The van der Waals surface area contributed by atoms with E-state index in [4.69, 9.17) is 4.74 Å². The van der Waals surface area contributed by atoms with Crippen LogP contribution >= 0.6 is 0 Å². The van der Waals surface area contributed by atoms with Crippen LogP contribution in [0, 0.1) is 5.41 Å². The van der Waals surface area contributed by atoms with Gasteiger partial charge in [0, 0.05) is 12.8 Å². The highest BCUT2D eigenvalue weighted by Gasteiger charge is 2.46. The van der Waals surface area contributed by atoms with E-state index >= 15 is 0 Å². The largest absolute Gasteiger partial charge is 0.490 e. The highest BCUT2D eigenvalue weighted by molar-refractivity contribution is 5.98. The third kappa shape index (κ3) is 2.41. The summed E-state index contributed by atoms with van der Waals surface area (Å²) in [6.07, 6.45) is 0.373. The fourth-order valence-corrected chi connectivity index (χ4v) is 2.31. The van der Waals surface area contributed by atoms with Crippen LogP contribution in [0.1, 0.15) is 18.9 Å². The quantitative estimate of drug-likeness (QED) is 0.661. The number of hydrogen-bond donors (Lipinski definition) is 1. The van der Waals surface area contributed by atoms with Crippen molar-refractivity contribution in [3.05, 3.63) is 29.8 Å². The van der Waals surface area contributed by atoms with Gasteiger partial charge in [-0.15, -0.1) is 0 Å². The highest BCUT2D eigenvalue weighted by atomic mass is 16.5. The second kappa shape index (κ2) is 4.91. The lowest BCUT2D eigenvalue weighted by molar-refractivity contribution is -0.167. The number of fused-ring (bicyclic) bond motifs is 1. The van der Waals surface area contributed by atoms with Crippen LogP contribution in [-0.4, -0.2) is 30.3 Å². The van der Waals surface area contributed by atoms with Crippen LogP contribution < -0.4 is 4.74 Å². The predicted molar refractivity (Wildman–Crippen MR) is 66.9 cm³/mol. The highest BCUT2D eigenvalue weighted by Crippen LogP contribution is 2.35. The summed E-state index contributed by atoms with van der Waals surface area (Å²) in [6.45, 7) is 1.37. The molecule has 1 aliphatic rings. The molecule has 1 aromatic rings. The predicted octanol–water partition coefficient (Wildman–Crippen LogP) is 1.64. The van der Waals surface area contributed by atoms with Gasteiger partial charge in [-0.3, -0.25) is 9.59 Å². The molecule has 0 spiro atoms. The van der Waals surface area contributed by atoms with Gasteiger partial charge >= 0.3 is 11.9 Å². The van der Waals surface area contributed by atoms with E-state index < -0.39 is 17.4 Å². The number of carboxylic acid groups (broad SMARTS) is 1. The molecule has 2 atom stereocenters. The van der Waals surface area contributed by atoms with Gasteiger partial charge < -0.3 is 14.6 Å². The van der Waals surface area contributed by atoms with E-state index in [1.807, 2.05) is 24.3 Å². The first-order chi connectivity index (χ1) is 8.97. The molecule has 0 radical (unpaired) electrons. The SMILES string of the molecule is COC(=O)C(C)(CC1Cc2ccccc2O1)C(=O)O. The molecule has 102 valence electrons. The molecule has 1 aromatic carbocycles. The Kier molecular flexibility index (Phi) is 3.46. The molecular weight excluding hydrogens is 248 g/mol. The molecule has 1 heterocycles. The summed E-state index contributed by atoms with van der Waals surface area (Å²) < 4.78 is 10.3. The molecule has 0 fully saturated rings. The van der Waals surface area contributed by atoms with Crippen molar-refractivity contribution in [1.82, 2.24) is 0 Å². The van der Waals surface area contributed by atoms with E-state index in [1.165, 1.54) is 14.0 Å². The van der Waals surface area contributed by atoms with Crippen LogP contribution in [0.15, 0.2) is 24.3 Å². The van der Waals surface area contributed by atoms with Gasteiger partial charge in [0.15, 0.2) is 5.41 Å². The fourth-order valence-electron chi connectivity index (χ4n) is 2.31. The fraction of sp³-hybridized carbons (Fsp3) is 0.429. The number of ether oxygens (including phenoxy) is 2. The van der Waals surface area contributed by atoms with Gasteiger partial charge in [0.2, 0.25) is 0 Å². The zero-order chi connectivity index (χ0) is 14.0. The summed E-state index contributed by atoms with van der Waals surface area (Å²) in [5.41, 5.74) is -0.549.